The van der Waals surface area contributed by atoms with Gasteiger partial charge in [0.1, 0.15) is 6.04 Å². The standard InChI is InChI=1S/C24H27N3O4/c1-3-29-20-13-12-17(15-21(20)30-4-2)16-22(28)27-14-8-11-19(27)24-25-23(26-31-24)18-9-6-5-7-10-18/h5-7,9-10,12-13,15,19H,3-4,8,11,14,16H2,1-2H3/t19-/m0/s1. The molecule has 1 aliphatic rings. The van der Waals surface area contributed by atoms with E-state index in [2.05, 4.69) is 10.1 Å². The number of hydrogen-bond acceptors (Lipinski definition) is 6. The molecule has 4 rings (SSSR count). The molecule has 3 aromatic rings. The van der Waals surface area contributed by atoms with Gasteiger partial charge in [0, 0.05) is 12.1 Å². The van der Waals surface area contributed by atoms with Crippen molar-refractivity contribution in [3.8, 4) is 22.9 Å². The van der Waals surface area contributed by atoms with Crippen molar-refractivity contribution in [1.29, 1.82) is 0 Å². The maximum absolute atomic E-state index is 13.1. The largest absolute Gasteiger partial charge is 0.490 e. The second-order valence-electron chi connectivity index (χ2n) is 7.39. The van der Waals surface area contributed by atoms with Crippen LogP contribution in [-0.4, -0.2) is 40.7 Å². The van der Waals surface area contributed by atoms with Gasteiger partial charge in [-0.3, -0.25) is 4.79 Å². The molecule has 0 bridgehead atoms. The van der Waals surface area contributed by atoms with Gasteiger partial charge in [-0.15, -0.1) is 0 Å². The molecule has 2 aromatic carbocycles. The summed E-state index contributed by atoms with van der Waals surface area (Å²) in [5.74, 6) is 2.43. The number of amides is 1. The Morgan fingerprint density at radius 2 is 1.87 bits per heavy atom. The quantitative estimate of drug-likeness (QED) is 0.535. The molecule has 2 heterocycles. The van der Waals surface area contributed by atoms with E-state index in [0.717, 1.165) is 24.0 Å². The Kier molecular flexibility index (Phi) is 6.50. The first-order valence-corrected chi connectivity index (χ1v) is 10.8. The summed E-state index contributed by atoms with van der Waals surface area (Å²) in [5, 5.41) is 4.11. The molecule has 0 aliphatic carbocycles. The zero-order chi connectivity index (χ0) is 21.6. The van der Waals surface area contributed by atoms with Crippen molar-refractivity contribution >= 4 is 5.91 Å². The zero-order valence-electron chi connectivity index (χ0n) is 17.9. The Hall–Kier alpha value is -3.35. The Morgan fingerprint density at radius 1 is 1.10 bits per heavy atom. The molecule has 0 radical (unpaired) electrons. The van der Waals surface area contributed by atoms with Crippen LogP contribution < -0.4 is 9.47 Å². The number of nitrogens with zero attached hydrogens (tertiary/aromatic N) is 3. The highest BCUT2D eigenvalue weighted by molar-refractivity contribution is 5.79. The third-order valence-corrected chi connectivity index (χ3v) is 5.30. The summed E-state index contributed by atoms with van der Waals surface area (Å²) < 4.78 is 16.8. The van der Waals surface area contributed by atoms with Crippen LogP contribution >= 0.6 is 0 Å². The number of carbonyl (C=O) groups is 1. The molecule has 0 spiro atoms. The first-order chi connectivity index (χ1) is 15.2. The van der Waals surface area contributed by atoms with Crippen LogP contribution in [0.25, 0.3) is 11.4 Å². The number of carbonyl (C=O) groups excluding carboxylic acids is 1. The van der Waals surface area contributed by atoms with E-state index in [-0.39, 0.29) is 18.4 Å². The van der Waals surface area contributed by atoms with E-state index in [1.165, 1.54) is 0 Å². The zero-order valence-corrected chi connectivity index (χ0v) is 17.9. The van der Waals surface area contributed by atoms with Crippen molar-refractivity contribution in [3.05, 3.63) is 60.0 Å². The number of likely N-dealkylation sites (tertiary alicyclic amines) is 1. The minimum atomic E-state index is -0.188. The molecule has 1 atom stereocenters. The molecule has 1 amide bonds. The lowest BCUT2D eigenvalue weighted by molar-refractivity contribution is -0.131. The fourth-order valence-corrected chi connectivity index (χ4v) is 3.88. The van der Waals surface area contributed by atoms with Gasteiger partial charge >= 0.3 is 0 Å². The molecular weight excluding hydrogens is 394 g/mol. The van der Waals surface area contributed by atoms with Gasteiger partial charge in [0.05, 0.1) is 19.6 Å². The predicted molar refractivity (Wildman–Crippen MR) is 116 cm³/mol. The number of hydrogen-bond donors (Lipinski definition) is 0. The molecule has 0 unspecified atom stereocenters. The van der Waals surface area contributed by atoms with E-state index in [1.54, 1.807) is 0 Å². The van der Waals surface area contributed by atoms with E-state index < -0.39 is 0 Å². The highest BCUT2D eigenvalue weighted by Crippen LogP contribution is 2.33. The second-order valence-corrected chi connectivity index (χ2v) is 7.39. The van der Waals surface area contributed by atoms with Crippen LogP contribution in [0.5, 0.6) is 11.5 Å². The molecule has 7 heteroatoms. The fraction of sp³-hybridized carbons (Fsp3) is 0.375. The van der Waals surface area contributed by atoms with Gasteiger partial charge < -0.3 is 18.9 Å². The van der Waals surface area contributed by atoms with Crippen LogP contribution in [0.4, 0.5) is 0 Å². The number of ether oxygens (including phenoxy) is 2. The number of aromatic nitrogens is 2. The summed E-state index contributed by atoms with van der Waals surface area (Å²) in [7, 11) is 0. The normalized spacial score (nSPS) is 15.8. The van der Waals surface area contributed by atoms with Gasteiger partial charge in [0.2, 0.25) is 17.6 Å². The summed E-state index contributed by atoms with van der Waals surface area (Å²) in [5.41, 5.74) is 1.78. The average Bonchev–Trinajstić information content (AvgIpc) is 3.46. The molecule has 1 aromatic heterocycles. The topological polar surface area (TPSA) is 77.7 Å². The highest BCUT2D eigenvalue weighted by Gasteiger charge is 2.34. The molecule has 1 aliphatic heterocycles. The van der Waals surface area contributed by atoms with Crippen molar-refractivity contribution in [3.63, 3.8) is 0 Å². The Labute approximate surface area is 182 Å². The third kappa shape index (κ3) is 4.71. The third-order valence-electron chi connectivity index (χ3n) is 5.30. The Morgan fingerprint density at radius 3 is 2.65 bits per heavy atom. The Balaban J connectivity index is 1.48. The van der Waals surface area contributed by atoms with E-state index in [0.29, 0.717) is 43.0 Å². The van der Waals surface area contributed by atoms with Gasteiger partial charge in [-0.05, 0) is 44.4 Å². The molecule has 31 heavy (non-hydrogen) atoms. The highest BCUT2D eigenvalue weighted by atomic mass is 16.5. The lowest BCUT2D eigenvalue weighted by Gasteiger charge is -2.22. The Bertz CT molecular complexity index is 1020. The maximum Gasteiger partial charge on any atom is 0.249 e. The van der Waals surface area contributed by atoms with Gasteiger partial charge in [-0.2, -0.15) is 4.98 Å². The van der Waals surface area contributed by atoms with E-state index in [1.807, 2.05) is 67.3 Å². The number of benzene rings is 2. The molecular formula is C24H27N3O4. The van der Waals surface area contributed by atoms with Crippen molar-refractivity contribution in [2.24, 2.45) is 0 Å². The first kappa shape index (κ1) is 20.9. The molecule has 1 fully saturated rings. The molecule has 0 saturated carbocycles. The van der Waals surface area contributed by atoms with E-state index in [4.69, 9.17) is 14.0 Å². The monoisotopic (exact) mass is 421 g/mol. The molecule has 1 saturated heterocycles. The van der Waals surface area contributed by atoms with Crippen LogP contribution in [-0.2, 0) is 11.2 Å². The van der Waals surface area contributed by atoms with Gasteiger partial charge in [0.15, 0.2) is 11.5 Å². The van der Waals surface area contributed by atoms with Crippen molar-refractivity contribution in [1.82, 2.24) is 15.0 Å². The average molecular weight is 421 g/mol. The van der Waals surface area contributed by atoms with Gasteiger partial charge in [0.25, 0.3) is 0 Å². The minimum Gasteiger partial charge on any atom is -0.490 e. The summed E-state index contributed by atoms with van der Waals surface area (Å²) in [4.78, 5) is 19.5. The van der Waals surface area contributed by atoms with Gasteiger partial charge in [-0.1, -0.05) is 41.6 Å². The van der Waals surface area contributed by atoms with Crippen molar-refractivity contribution < 1.29 is 18.8 Å². The minimum absolute atomic E-state index is 0.0357. The van der Waals surface area contributed by atoms with Crippen LogP contribution in [0.15, 0.2) is 53.1 Å². The summed E-state index contributed by atoms with van der Waals surface area (Å²) in [6, 6.07) is 15.2. The van der Waals surface area contributed by atoms with Crippen LogP contribution in [0, 0.1) is 0 Å². The summed E-state index contributed by atoms with van der Waals surface area (Å²) in [6.07, 6.45) is 2.01. The van der Waals surface area contributed by atoms with Crippen LogP contribution in [0.3, 0.4) is 0 Å². The van der Waals surface area contributed by atoms with E-state index >= 15 is 0 Å². The molecule has 0 N–H and O–H groups in total. The molecule has 7 nitrogen and oxygen atoms in total. The van der Waals surface area contributed by atoms with Crippen LogP contribution in [0.1, 0.15) is 44.2 Å². The fourth-order valence-electron chi connectivity index (χ4n) is 3.88. The maximum atomic E-state index is 13.1. The lowest BCUT2D eigenvalue weighted by atomic mass is 10.1. The van der Waals surface area contributed by atoms with Gasteiger partial charge in [-0.25, -0.2) is 0 Å². The lowest BCUT2D eigenvalue weighted by Crippen LogP contribution is -2.32. The SMILES string of the molecule is CCOc1ccc(CC(=O)N2CCC[C@H]2c2nc(-c3ccccc3)no2)cc1OCC. The molecule has 162 valence electrons. The van der Waals surface area contributed by atoms with E-state index in [9.17, 15) is 4.79 Å². The van der Waals surface area contributed by atoms with Crippen LogP contribution in [0.2, 0.25) is 0 Å². The summed E-state index contributed by atoms with van der Waals surface area (Å²) in [6.45, 7) is 5.63. The van der Waals surface area contributed by atoms with Crippen molar-refractivity contribution in [2.75, 3.05) is 19.8 Å². The smallest absolute Gasteiger partial charge is 0.249 e. The first-order valence-electron chi connectivity index (χ1n) is 10.8. The predicted octanol–water partition coefficient (Wildman–Crippen LogP) is 4.44. The number of rotatable bonds is 8. The summed E-state index contributed by atoms with van der Waals surface area (Å²) >= 11 is 0. The second kappa shape index (κ2) is 9.64. The van der Waals surface area contributed by atoms with Crippen molar-refractivity contribution in [2.45, 2.75) is 39.2 Å².